The molecule has 0 aromatic heterocycles. The van der Waals surface area contributed by atoms with Crippen LogP contribution in [0.5, 0.6) is 0 Å². The zero-order valence-corrected chi connectivity index (χ0v) is 10.4. The normalized spacial score (nSPS) is 12.5. The quantitative estimate of drug-likeness (QED) is 0.408. The molecule has 0 aromatic rings. The largest absolute Gasteiger partial charge is 0.307 e. The molecule has 2 nitrogen and oxygen atoms in total. The van der Waals surface area contributed by atoms with Gasteiger partial charge >= 0.3 is 0 Å². The van der Waals surface area contributed by atoms with E-state index in [2.05, 4.69) is 31.6 Å². The molecule has 0 aliphatic heterocycles. The predicted octanol–water partition coefficient (Wildman–Crippen LogP) is 2.70. The fourth-order valence-electron chi connectivity index (χ4n) is 0.695. The van der Waals surface area contributed by atoms with Crippen molar-refractivity contribution < 1.29 is 0 Å². The van der Waals surface area contributed by atoms with Crippen molar-refractivity contribution in [1.29, 1.82) is 0 Å². The Kier molecular flexibility index (Phi) is 8.92. The summed E-state index contributed by atoms with van der Waals surface area (Å²) in [4.78, 5) is 0. The molecule has 13 heavy (non-hydrogen) atoms. The van der Waals surface area contributed by atoms with Gasteiger partial charge in [-0.2, -0.15) is 0 Å². The van der Waals surface area contributed by atoms with Crippen molar-refractivity contribution in [2.45, 2.75) is 45.3 Å². The van der Waals surface area contributed by atoms with E-state index in [0.717, 1.165) is 17.3 Å². The van der Waals surface area contributed by atoms with E-state index in [1.165, 1.54) is 12.8 Å². The van der Waals surface area contributed by atoms with Crippen molar-refractivity contribution in [2.75, 3.05) is 6.54 Å². The molecular weight excluding hydrogens is 200 g/mol. The molecule has 0 spiro atoms. The third-order valence-corrected chi connectivity index (χ3v) is 3.17. The number of hydrogen-bond acceptors (Lipinski definition) is 3. The molecule has 0 saturated heterocycles. The third kappa shape index (κ3) is 8.53. The van der Waals surface area contributed by atoms with Crippen LogP contribution in [0.4, 0.5) is 0 Å². The molecule has 0 heterocycles. The Balaban J connectivity index is 3.30. The minimum Gasteiger partial charge on any atom is -0.307 e. The van der Waals surface area contributed by atoms with E-state index in [0.29, 0.717) is 5.25 Å². The molecule has 0 aliphatic carbocycles. The molecule has 0 aromatic carbocycles. The van der Waals surface area contributed by atoms with Crippen LogP contribution in [0, 0.1) is 0 Å². The van der Waals surface area contributed by atoms with Crippen molar-refractivity contribution >= 4 is 28.3 Å². The van der Waals surface area contributed by atoms with Crippen LogP contribution in [-0.2, 0) is 0 Å². The Bertz CT molecular complexity index is 140. The Morgan fingerprint density at radius 2 is 2.15 bits per heavy atom. The van der Waals surface area contributed by atoms with Crippen molar-refractivity contribution in [3.63, 3.8) is 0 Å². The zero-order chi connectivity index (χ0) is 10.1. The van der Waals surface area contributed by atoms with Gasteiger partial charge in [-0.1, -0.05) is 51.2 Å². The summed E-state index contributed by atoms with van der Waals surface area (Å²) >= 11 is 6.85. The minimum absolute atomic E-state index is 0.605. The monoisotopic (exact) mass is 220 g/mol. The average molecular weight is 220 g/mol. The van der Waals surface area contributed by atoms with Crippen molar-refractivity contribution in [3.8, 4) is 0 Å². The standard InChI is InChI=1S/C9H20N2S2/c1-4-6-7-10-11-9(12)13-8(3)5-2/h8,10H,4-7H2,1-3H3,(H,11,12). The highest BCUT2D eigenvalue weighted by Crippen LogP contribution is 2.13. The Hall–Kier alpha value is 0.200. The molecule has 0 radical (unpaired) electrons. The highest BCUT2D eigenvalue weighted by atomic mass is 32.2. The first-order valence-electron chi connectivity index (χ1n) is 4.90. The summed E-state index contributed by atoms with van der Waals surface area (Å²) in [5, 5.41) is 0.605. The molecule has 1 unspecified atom stereocenters. The van der Waals surface area contributed by atoms with E-state index < -0.39 is 0 Å². The number of nitrogens with one attached hydrogen (secondary N) is 2. The van der Waals surface area contributed by atoms with Crippen LogP contribution in [0.15, 0.2) is 0 Å². The highest BCUT2D eigenvalue weighted by Gasteiger charge is 2.02. The van der Waals surface area contributed by atoms with Crippen molar-refractivity contribution in [3.05, 3.63) is 0 Å². The topological polar surface area (TPSA) is 24.1 Å². The van der Waals surface area contributed by atoms with Gasteiger partial charge in [-0.3, -0.25) is 0 Å². The van der Waals surface area contributed by atoms with E-state index in [1.54, 1.807) is 11.8 Å². The second-order valence-corrected chi connectivity index (χ2v) is 5.14. The van der Waals surface area contributed by atoms with Crippen LogP contribution >= 0.6 is 24.0 Å². The van der Waals surface area contributed by atoms with Crippen LogP contribution < -0.4 is 10.9 Å². The molecule has 2 N–H and O–H groups in total. The second-order valence-electron chi connectivity index (χ2n) is 3.03. The predicted molar refractivity (Wildman–Crippen MR) is 66.0 cm³/mol. The van der Waals surface area contributed by atoms with Gasteiger partial charge in [-0.15, -0.1) is 0 Å². The highest BCUT2D eigenvalue weighted by molar-refractivity contribution is 8.23. The first-order valence-corrected chi connectivity index (χ1v) is 6.19. The fourth-order valence-corrected chi connectivity index (χ4v) is 1.92. The number of hydrogen-bond donors (Lipinski definition) is 2. The second kappa shape index (κ2) is 8.78. The molecule has 0 bridgehead atoms. The van der Waals surface area contributed by atoms with Crippen LogP contribution in [0.3, 0.4) is 0 Å². The van der Waals surface area contributed by atoms with E-state index in [4.69, 9.17) is 12.2 Å². The first-order chi connectivity index (χ1) is 6.20. The number of thiocarbonyl (C=S) groups is 1. The molecule has 1 atom stereocenters. The summed E-state index contributed by atoms with van der Waals surface area (Å²) in [5.41, 5.74) is 6.13. The molecule has 0 saturated carbocycles. The Labute approximate surface area is 91.2 Å². The lowest BCUT2D eigenvalue weighted by atomic mass is 10.3. The summed E-state index contributed by atoms with van der Waals surface area (Å²) < 4.78 is 0.852. The van der Waals surface area contributed by atoms with Gasteiger partial charge in [0.15, 0.2) is 0 Å². The Morgan fingerprint density at radius 3 is 2.69 bits per heavy atom. The van der Waals surface area contributed by atoms with Gasteiger partial charge < -0.3 is 5.43 Å². The first kappa shape index (κ1) is 13.2. The lowest BCUT2D eigenvalue weighted by molar-refractivity contribution is 0.619. The summed E-state index contributed by atoms with van der Waals surface area (Å²) in [6.45, 7) is 7.51. The van der Waals surface area contributed by atoms with E-state index in [-0.39, 0.29) is 0 Å². The Morgan fingerprint density at radius 1 is 1.46 bits per heavy atom. The number of rotatable bonds is 6. The smallest absolute Gasteiger partial charge is 0.148 e. The maximum atomic E-state index is 5.14. The summed E-state index contributed by atoms with van der Waals surface area (Å²) in [7, 11) is 0. The number of unbranched alkanes of at least 4 members (excludes halogenated alkanes) is 1. The third-order valence-electron chi connectivity index (χ3n) is 1.73. The van der Waals surface area contributed by atoms with Gasteiger partial charge in [0, 0.05) is 11.8 Å². The van der Waals surface area contributed by atoms with Crippen LogP contribution in [0.25, 0.3) is 0 Å². The zero-order valence-electron chi connectivity index (χ0n) is 8.72. The van der Waals surface area contributed by atoms with Crippen LogP contribution in [-0.4, -0.2) is 16.1 Å². The SMILES string of the molecule is CCCCNNC(=S)SC(C)CC. The van der Waals surface area contributed by atoms with Gasteiger partial charge in [-0.25, -0.2) is 5.43 Å². The lowest BCUT2D eigenvalue weighted by Gasteiger charge is -2.11. The van der Waals surface area contributed by atoms with E-state index >= 15 is 0 Å². The van der Waals surface area contributed by atoms with Gasteiger partial charge in [0.2, 0.25) is 0 Å². The average Bonchev–Trinajstić information content (AvgIpc) is 2.12. The van der Waals surface area contributed by atoms with E-state index in [1.807, 2.05) is 0 Å². The molecule has 4 heteroatoms. The molecule has 0 fully saturated rings. The summed E-state index contributed by atoms with van der Waals surface area (Å²) in [5.74, 6) is 0. The molecule has 78 valence electrons. The number of hydrazine groups is 1. The van der Waals surface area contributed by atoms with Crippen molar-refractivity contribution in [2.24, 2.45) is 0 Å². The summed E-state index contributed by atoms with van der Waals surface area (Å²) in [6.07, 6.45) is 3.55. The van der Waals surface area contributed by atoms with Gasteiger partial charge in [0.25, 0.3) is 0 Å². The van der Waals surface area contributed by atoms with Gasteiger partial charge in [0.05, 0.1) is 0 Å². The molecular formula is C9H20N2S2. The van der Waals surface area contributed by atoms with Crippen LogP contribution in [0.1, 0.15) is 40.0 Å². The maximum absolute atomic E-state index is 5.14. The molecule has 0 aliphatic rings. The minimum atomic E-state index is 0.605. The fraction of sp³-hybridized carbons (Fsp3) is 0.889. The molecule has 0 rings (SSSR count). The maximum Gasteiger partial charge on any atom is 0.148 e. The number of thioether (sulfide) groups is 1. The van der Waals surface area contributed by atoms with Crippen molar-refractivity contribution in [1.82, 2.24) is 10.9 Å². The summed E-state index contributed by atoms with van der Waals surface area (Å²) in [6, 6.07) is 0. The van der Waals surface area contributed by atoms with Gasteiger partial charge in [0.1, 0.15) is 4.32 Å². The van der Waals surface area contributed by atoms with Gasteiger partial charge in [-0.05, 0) is 12.8 Å². The van der Waals surface area contributed by atoms with Crippen LogP contribution in [0.2, 0.25) is 0 Å². The molecule has 0 amide bonds. The van der Waals surface area contributed by atoms with E-state index in [9.17, 15) is 0 Å². The lowest BCUT2D eigenvalue weighted by Crippen LogP contribution is -2.35.